The number of hydrogen-bond acceptors (Lipinski definition) is 2. The van der Waals surface area contributed by atoms with Crippen LogP contribution in [0.15, 0.2) is 22.7 Å². The lowest BCUT2D eigenvalue weighted by atomic mass is 9.80. The topological polar surface area (TPSA) is 66.4 Å². The molecule has 0 aromatic heterocycles. The second-order valence-electron chi connectivity index (χ2n) is 5.42. The number of carboxylic acid groups (broad SMARTS) is 1. The van der Waals surface area contributed by atoms with Crippen molar-refractivity contribution in [2.75, 3.05) is 5.32 Å². The van der Waals surface area contributed by atoms with Crippen molar-refractivity contribution in [3.8, 4) is 0 Å². The standard InChI is InChI=1S/C15H20BrNO3/c1-4-15(3,9-14(19)20)8-13(18)17-12-6-5-11(16)7-10(12)2/h5-7H,4,8-9H2,1-3H3,(H,17,18)(H,19,20)/t15-/m1/s1. The number of hydrogen-bond donors (Lipinski definition) is 2. The molecule has 0 aliphatic heterocycles. The third-order valence-electron chi connectivity index (χ3n) is 3.48. The van der Waals surface area contributed by atoms with Gasteiger partial charge in [0.2, 0.25) is 5.91 Å². The van der Waals surface area contributed by atoms with E-state index in [9.17, 15) is 9.59 Å². The number of nitrogens with one attached hydrogen (secondary N) is 1. The van der Waals surface area contributed by atoms with Crippen LogP contribution in [0, 0.1) is 12.3 Å². The van der Waals surface area contributed by atoms with E-state index < -0.39 is 11.4 Å². The molecular weight excluding hydrogens is 322 g/mol. The van der Waals surface area contributed by atoms with Gasteiger partial charge >= 0.3 is 5.97 Å². The number of aliphatic carboxylic acids is 1. The fraction of sp³-hybridized carbons (Fsp3) is 0.467. The summed E-state index contributed by atoms with van der Waals surface area (Å²) in [6, 6.07) is 5.61. The number of benzene rings is 1. The number of carbonyl (C=O) groups excluding carboxylic acids is 1. The van der Waals surface area contributed by atoms with Gasteiger partial charge in [0.05, 0.1) is 6.42 Å². The van der Waals surface area contributed by atoms with Crippen molar-refractivity contribution in [3.63, 3.8) is 0 Å². The van der Waals surface area contributed by atoms with Crippen molar-refractivity contribution in [2.45, 2.75) is 40.0 Å². The number of amides is 1. The quantitative estimate of drug-likeness (QED) is 0.822. The Balaban J connectivity index is 2.73. The van der Waals surface area contributed by atoms with Gasteiger partial charge in [-0.05, 0) is 42.5 Å². The molecule has 4 nitrogen and oxygen atoms in total. The Morgan fingerprint density at radius 3 is 2.50 bits per heavy atom. The van der Waals surface area contributed by atoms with Gasteiger partial charge in [-0.1, -0.05) is 29.8 Å². The molecule has 110 valence electrons. The monoisotopic (exact) mass is 341 g/mol. The van der Waals surface area contributed by atoms with Gasteiger partial charge in [0, 0.05) is 16.6 Å². The van der Waals surface area contributed by atoms with Crippen LogP contribution in [-0.4, -0.2) is 17.0 Å². The summed E-state index contributed by atoms with van der Waals surface area (Å²) < 4.78 is 0.956. The molecule has 0 radical (unpaired) electrons. The van der Waals surface area contributed by atoms with E-state index in [1.807, 2.05) is 39.0 Å². The summed E-state index contributed by atoms with van der Waals surface area (Å²) in [5.41, 5.74) is 1.20. The molecule has 0 spiro atoms. The van der Waals surface area contributed by atoms with Gasteiger partial charge in [0.1, 0.15) is 0 Å². The van der Waals surface area contributed by atoms with E-state index in [1.165, 1.54) is 0 Å². The van der Waals surface area contributed by atoms with E-state index in [2.05, 4.69) is 21.2 Å². The minimum absolute atomic E-state index is 0.00373. The summed E-state index contributed by atoms with van der Waals surface area (Å²) >= 11 is 3.37. The number of aryl methyl sites for hydroxylation is 1. The first kappa shape index (κ1) is 16.7. The molecule has 1 atom stereocenters. The molecule has 2 N–H and O–H groups in total. The average molecular weight is 342 g/mol. The molecular formula is C15H20BrNO3. The van der Waals surface area contributed by atoms with Gasteiger partial charge in [-0.3, -0.25) is 9.59 Å². The summed E-state index contributed by atoms with van der Waals surface area (Å²) in [6.07, 6.45) is 0.841. The highest BCUT2D eigenvalue weighted by Gasteiger charge is 2.28. The SMILES string of the molecule is CC[C@@](C)(CC(=O)O)CC(=O)Nc1ccc(Br)cc1C. The largest absolute Gasteiger partial charge is 0.481 e. The summed E-state index contributed by atoms with van der Waals surface area (Å²) in [6.45, 7) is 5.65. The van der Waals surface area contributed by atoms with Crippen LogP contribution >= 0.6 is 15.9 Å². The minimum atomic E-state index is -0.873. The number of anilines is 1. The Labute approximate surface area is 127 Å². The maximum Gasteiger partial charge on any atom is 0.303 e. The van der Waals surface area contributed by atoms with Gasteiger partial charge in [0.15, 0.2) is 0 Å². The molecule has 5 heteroatoms. The molecule has 1 aromatic carbocycles. The number of carbonyl (C=O) groups is 2. The summed E-state index contributed by atoms with van der Waals surface area (Å²) in [4.78, 5) is 23.0. The Kier molecular flexibility index (Phi) is 5.74. The molecule has 20 heavy (non-hydrogen) atoms. The number of halogens is 1. The van der Waals surface area contributed by atoms with Crippen molar-refractivity contribution >= 4 is 33.5 Å². The van der Waals surface area contributed by atoms with E-state index in [0.717, 1.165) is 15.7 Å². The van der Waals surface area contributed by atoms with Crippen molar-refractivity contribution in [3.05, 3.63) is 28.2 Å². The van der Waals surface area contributed by atoms with Crippen molar-refractivity contribution in [1.29, 1.82) is 0 Å². The Morgan fingerprint density at radius 2 is 2.00 bits per heavy atom. The molecule has 0 fully saturated rings. The third kappa shape index (κ3) is 4.96. The van der Waals surface area contributed by atoms with Gasteiger partial charge in [-0.15, -0.1) is 0 Å². The zero-order chi connectivity index (χ0) is 15.3. The van der Waals surface area contributed by atoms with E-state index in [1.54, 1.807) is 0 Å². The second kappa shape index (κ2) is 6.88. The fourth-order valence-corrected chi connectivity index (χ4v) is 2.50. The normalized spacial score (nSPS) is 13.6. The van der Waals surface area contributed by atoms with Crippen LogP contribution in [-0.2, 0) is 9.59 Å². The molecule has 0 aliphatic rings. The lowest BCUT2D eigenvalue weighted by Crippen LogP contribution is -2.27. The van der Waals surface area contributed by atoms with E-state index in [4.69, 9.17) is 5.11 Å². The first-order chi connectivity index (χ1) is 9.25. The smallest absolute Gasteiger partial charge is 0.303 e. The fourth-order valence-electron chi connectivity index (χ4n) is 2.03. The van der Waals surface area contributed by atoms with Crippen LogP contribution in [0.4, 0.5) is 5.69 Å². The third-order valence-corrected chi connectivity index (χ3v) is 3.97. The van der Waals surface area contributed by atoms with Crippen LogP contribution < -0.4 is 5.32 Å². The molecule has 0 saturated heterocycles. The predicted octanol–water partition coefficient (Wildman–Crippen LogP) is 3.98. The lowest BCUT2D eigenvalue weighted by Gasteiger charge is -2.25. The Morgan fingerprint density at radius 1 is 1.35 bits per heavy atom. The van der Waals surface area contributed by atoms with Crippen molar-refractivity contribution in [2.24, 2.45) is 5.41 Å². The second-order valence-corrected chi connectivity index (χ2v) is 6.33. The Hall–Kier alpha value is -1.36. The lowest BCUT2D eigenvalue weighted by molar-refractivity contribution is -0.140. The van der Waals surface area contributed by atoms with E-state index in [-0.39, 0.29) is 18.7 Å². The average Bonchev–Trinajstić information content (AvgIpc) is 2.31. The van der Waals surface area contributed by atoms with Gasteiger partial charge in [0.25, 0.3) is 0 Å². The minimum Gasteiger partial charge on any atom is -0.481 e. The highest BCUT2D eigenvalue weighted by molar-refractivity contribution is 9.10. The van der Waals surface area contributed by atoms with Gasteiger partial charge in [-0.25, -0.2) is 0 Å². The van der Waals surface area contributed by atoms with E-state index in [0.29, 0.717) is 6.42 Å². The molecule has 1 aromatic rings. The van der Waals surface area contributed by atoms with Crippen LogP contribution in [0.1, 0.15) is 38.7 Å². The predicted molar refractivity (Wildman–Crippen MR) is 82.8 cm³/mol. The molecule has 0 heterocycles. The van der Waals surface area contributed by atoms with Crippen LogP contribution in [0.3, 0.4) is 0 Å². The highest BCUT2D eigenvalue weighted by Crippen LogP contribution is 2.31. The highest BCUT2D eigenvalue weighted by atomic mass is 79.9. The Bertz CT molecular complexity index is 516. The zero-order valence-electron chi connectivity index (χ0n) is 12.0. The molecule has 0 bridgehead atoms. The summed E-state index contributed by atoms with van der Waals surface area (Å²) in [5, 5.41) is 11.8. The number of rotatable bonds is 6. The summed E-state index contributed by atoms with van der Waals surface area (Å²) in [7, 11) is 0. The van der Waals surface area contributed by atoms with Crippen LogP contribution in [0.2, 0.25) is 0 Å². The van der Waals surface area contributed by atoms with Crippen molar-refractivity contribution < 1.29 is 14.7 Å². The zero-order valence-corrected chi connectivity index (χ0v) is 13.6. The van der Waals surface area contributed by atoms with E-state index >= 15 is 0 Å². The van der Waals surface area contributed by atoms with Crippen LogP contribution in [0.25, 0.3) is 0 Å². The first-order valence-corrected chi connectivity index (χ1v) is 7.33. The molecule has 1 rings (SSSR count). The molecule has 0 unspecified atom stereocenters. The van der Waals surface area contributed by atoms with Gasteiger partial charge in [-0.2, -0.15) is 0 Å². The molecule has 0 saturated carbocycles. The maximum atomic E-state index is 12.1. The maximum absolute atomic E-state index is 12.1. The molecule has 0 aliphatic carbocycles. The number of carboxylic acids is 1. The first-order valence-electron chi connectivity index (χ1n) is 6.53. The van der Waals surface area contributed by atoms with Gasteiger partial charge < -0.3 is 10.4 Å². The van der Waals surface area contributed by atoms with Crippen molar-refractivity contribution in [1.82, 2.24) is 0 Å². The van der Waals surface area contributed by atoms with Crippen LogP contribution in [0.5, 0.6) is 0 Å². The molecule has 1 amide bonds. The summed E-state index contributed by atoms with van der Waals surface area (Å²) in [5.74, 6) is -1.03.